The van der Waals surface area contributed by atoms with Gasteiger partial charge >= 0.3 is 0 Å². The smallest absolute Gasteiger partial charge is 0.160 e. The van der Waals surface area contributed by atoms with E-state index in [0.717, 1.165) is 29.9 Å². The second-order valence-corrected chi connectivity index (χ2v) is 3.86. The van der Waals surface area contributed by atoms with Crippen molar-refractivity contribution in [2.75, 3.05) is 6.54 Å². The van der Waals surface area contributed by atoms with Crippen molar-refractivity contribution in [2.45, 2.75) is 20.4 Å². The molecule has 78 valence electrons. The summed E-state index contributed by atoms with van der Waals surface area (Å²) >= 11 is 0. The van der Waals surface area contributed by atoms with E-state index in [1.54, 1.807) is 6.92 Å². The minimum Gasteiger partial charge on any atom is -0.367 e. The molecule has 0 bridgehead atoms. The van der Waals surface area contributed by atoms with Crippen LogP contribution in [0.2, 0.25) is 0 Å². The van der Waals surface area contributed by atoms with E-state index in [9.17, 15) is 4.79 Å². The van der Waals surface area contributed by atoms with Crippen LogP contribution in [0.15, 0.2) is 24.8 Å². The average Bonchev–Trinajstić information content (AvgIpc) is 2.55. The molecule has 0 saturated heterocycles. The zero-order valence-electron chi connectivity index (χ0n) is 9.21. The molecule has 0 radical (unpaired) electrons. The summed E-state index contributed by atoms with van der Waals surface area (Å²) in [5.74, 6) is 0.117. The van der Waals surface area contributed by atoms with Crippen LogP contribution in [0.4, 0.5) is 0 Å². The Labute approximate surface area is 90.2 Å². The number of carbonyl (C=O) groups is 1. The predicted molar refractivity (Wildman–Crippen MR) is 61.6 cm³/mol. The number of hydrogen-bond acceptors (Lipinski definition) is 2. The minimum absolute atomic E-state index is 0.117. The van der Waals surface area contributed by atoms with Crippen molar-refractivity contribution in [2.24, 2.45) is 0 Å². The Morgan fingerprint density at radius 1 is 1.53 bits per heavy atom. The van der Waals surface area contributed by atoms with Crippen LogP contribution in [0.5, 0.6) is 0 Å². The van der Waals surface area contributed by atoms with Gasteiger partial charge in [0.2, 0.25) is 0 Å². The fourth-order valence-electron chi connectivity index (χ4n) is 2.13. The molecule has 0 aromatic heterocycles. The Kier molecular flexibility index (Phi) is 2.35. The van der Waals surface area contributed by atoms with Crippen molar-refractivity contribution in [3.63, 3.8) is 0 Å². The van der Waals surface area contributed by atoms with Gasteiger partial charge in [-0.05, 0) is 19.4 Å². The fraction of sp³-hybridized carbons (Fsp3) is 0.308. The average molecular weight is 201 g/mol. The number of ketones is 1. The highest BCUT2D eigenvalue weighted by molar-refractivity contribution is 5.99. The van der Waals surface area contributed by atoms with Crippen LogP contribution in [0, 0.1) is 0 Å². The summed E-state index contributed by atoms with van der Waals surface area (Å²) < 4.78 is 0. The van der Waals surface area contributed by atoms with Crippen LogP contribution in [0.3, 0.4) is 0 Å². The normalized spacial score (nSPS) is 14.3. The molecule has 1 aromatic carbocycles. The molecule has 1 heterocycles. The maximum Gasteiger partial charge on any atom is 0.160 e. The summed E-state index contributed by atoms with van der Waals surface area (Å²) in [6, 6.07) is 5.90. The van der Waals surface area contributed by atoms with Crippen LogP contribution < -0.4 is 0 Å². The van der Waals surface area contributed by atoms with Gasteiger partial charge in [-0.1, -0.05) is 24.8 Å². The highest BCUT2D eigenvalue weighted by Gasteiger charge is 2.24. The molecule has 0 aliphatic carbocycles. The fourth-order valence-corrected chi connectivity index (χ4v) is 2.13. The Balaban J connectivity index is 2.55. The standard InChI is InChI=1S/C13H15NO/c1-4-14-8-11-6-5-7-12(10(3)15)13(11)9(14)2/h5-7H,2,4,8H2,1,3H3. The molecule has 0 saturated carbocycles. The van der Waals surface area contributed by atoms with E-state index in [2.05, 4.69) is 24.5 Å². The predicted octanol–water partition coefficient (Wildman–Crippen LogP) is 2.70. The maximum atomic E-state index is 11.5. The van der Waals surface area contributed by atoms with Crippen molar-refractivity contribution in [3.8, 4) is 0 Å². The van der Waals surface area contributed by atoms with Gasteiger partial charge in [0.25, 0.3) is 0 Å². The molecule has 0 spiro atoms. The first-order chi connectivity index (χ1) is 7.15. The molecular formula is C13H15NO. The van der Waals surface area contributed by atoms with Crippen molar-refractivity contribution in [1.82, 2.24) is 4.90 Å². The molecule has 2 nitrogen and oxygen atoms in total. The van der Waals surface area contributed by atoms with Gasteiger partial charge in [-0.3, -0.25) is 4.79 Å². The lowest BCUT2D eigenvalue weighted by Gasteiger charge is -2.16. The van der Waals surface area contributed by atoms with Crippen molar-refractivity contribution < 1.29 is 4.79 Å². The third-order valence-corrected chi connectivity index (χ3v) is 2.94. The second kappa shape index (κ2) is 3.54. The van der Waals surface area contributed by atoms with Gasteiger partial charge < -0.3 is 4.90 Å². The number of hydrogen-bond donors (Lipinski definition) is 0. The summed E-state index contributed by atoms with van der Waals surface area (Å²) in [6.45, 7) is 9.59. The largest absolute Gasteiger partial charge is 0.367 e. The second-order valence-electron chi connectivity index (χ2n) is 3.86. The minimum atomic E-state index is 0.117. The maximum absolute atomic E-state index is 11.5. The number of nitrogens with zero attached hydrogens (tertiary/aromatic N) is 1. The van der Waals surface area contributed by atoms with E-state index in [0.29, 0.717) is 0 Å². The number of rotatable bonds is 2. The Morgan fingerprint density at radius 3 is 2.87 bits per heavy atom. The molecule has 2 rings (SSSR count). The van der Waals surface area contributed by atoms with Gasteiger partial charge in [-0.15, -0.1) is 0 Å². The number of carbonyl (C=O) groups excluding carboxylic acids is 1. The van der Waals surface area contributed by atoms with Crippen LogP contribution in [0.1, 0.15) is 35.3 Å². The first-order valence-electron chi connectivity index (χ1n) is 5.22. The van der Waals surface area contributed by atoms with E-state index >= 15 is 0 Å². The lowest BCUT2D eigenvalue weighted by molar-refractivity contribution is 0.101. The van der Waals surface area contributed by atoms with Gasteiger partial charge in [0.05, 0.1) is 0 Å². The lowest BCUT2D eigenvalue weighted by atomic mass is 9.99. The molecule has 2 heteroatoms. The van der Waals surface area contributed by atoms with Gasteiger partial charge in [-0.2, -0.15) is 0 Å². The molecular weight excluding hydrogens is 186 g/mol. The van der Waals surface area contributed by atoms with Crippen molar-refractivity contribution in [1.29, 1.82) is 0 Å². The molecule has 1 aliphatic rings. The Hall–Kier alpha value is -1.57. The third-order valence-electron chi connectivity index (χ3n) is 2.94. The monoisotopic (exact) mass is 201 g/mol. The summed E-state index contributed by atoms with van der Waals surface area (Å²) in [4.78, 5) is 13.7. The molecule has 1 aromatic rings. The van der Waals surface area contributed by atoms with Gasteiger partial charge in [0.15, 0.2) is 5.78 Å². The van der Waals surface area contributed by atoms with E-state index in [1.807, 2.05) is 12.1 Å². The number of benzene rings is 1. The van der Waals surface area contributed by atoms with Gasteiger partial charge in [-0.25, -0.2) is 0 Å². The highest BCUT2D eigenvalue weighted by atomic mass is 16.1. The van der Waals surface area contributed by atoms with Crippen LogP contribution in [-0.2, 0) is 6.54 Å². The molecule has 0 N–H and O–H groups in total. The molecule has 0 unspecified atom stereocenters. The highest BCUT2D eigenvalue weighted by Crippen LogP contribution is 2.33. The van der Waals surface area contributed by atoms with E-state index in [4.69, 9.17) is 0 Å². The molecule has 0 amide bonds. The van der Waals surface area contributed by atoms with Gasteiger partial charge in [0.1, 0.15) is 0 Å². The summed E-state index contributed by atoms with van der Waals surface area (Å²) in [5, 5.41) is 0. The number of fused-ring (bicyclic) bond motifs is 1. The molecule has 1 aliphatic heterocycles. The Bertz CT molecular complexity index is 434. The van der Waals surface area contributed by atoms with Crippen LogP contribution in [-0.4, -0.2) is 17.2 Å². The third kappa shape index (κ3) is 1.46. The van der Waals surface area contributed by atoms with Crippen molar-refractivity contribution in [3.05, 3.63) is 41.5 Å². The first-order valence-corrected chi connectivity index (χ1v) is 5.22. The lowest BCUT2D eigenvalue weighted by Crippen LogP contribution is -2.13. The van der Waals surface area contributed by atoms with E-state index in [1.165, 1.54) is 5.56 Å². The SMILES string of the molecule is C=C1c2c(cccc2C(C)=O)CN1CC. The zero-order chi connectivity index (χ0) is 11.0. The van der Waals surface area contributed by atoms with E-state index in [-0.39, 0.29) is 5.78 Å². The van der Waals surface area contributed by atoms with Crippen LogP contribution >= 0.6 is 0 Å². The quantitative estimate of drug-likeness (QED) is 0.686. The summed E-state index contributed by atoms with van der Waals surface area (Å²) in [7, 11) is 0. The summed E-state index contributed by atoms with van der Waals surface area (Å²) in [5.41, 5.74) is 4.05. The zero-order valence-corrected chi connectivity index (χ0v) is 9.21. The first kappa shape index (κ1) is 9.97. The summed E-state index contributed by atoms with van der Waals surface area (Å²) in [6.07, 6.45) is 0. The molecule has 0 fully saturated rings. The topological polar surface area (TPSA) is 20.3 Å². The van der Waals surface area contributed by atoms with Gasteiger partial charge in [0, 0.05) is 29.9 Å². The van der Waals surface area contributed by atoms with E-state index < -0.39 is 0 Å². The van der Waals surface area contributed by atoms with Crippen molar-refractivity contribution >= 4 is 11.5 Å². The molecule has 15 heavy (non-hydrogen) atoms. The Morgan fingerprint density at radius 2 is 2.27 bits per heavy atom. The molecule has 0 atom stereocenters. The number of Topliss-reactive ketones (excluding diaryl/α,β-unsaturated/α-hetero) is 1. The van der Waals surface area contributed by atoms with Crippen LogP contribution in [0.25, 0.3) is 5.70 Å².